The number of amides is 2. The second kappa shape index (κ2) is 11.5. The smallest absolute Gasteiger partial charge is 0.242 e. The lowest BCUT2D eigenvalue weighted by Gasteiger charge is -2.31. The third-order valence-corrected chi connectivity index (χ3v) is 6.34. The number of nitrogens with one attached hydrogen (secondary N) is 1. The summed E-state index contributed by atoms with van der Waals surface area (Å²) in [6.45, 7) is 0.0761. The average molecular weight is 508 g/mol. The number of benzene rings is 3. The van der Waals surface area contributed by atoms with Gasteiger partial charge >= 0.3 is 0 Å². The molecule has 0 spiro atoms. The molecule has 0 heterocycles. The fourth-order valence-electron chi connectivity index (χ4n) is 3.51. The average Bonchev–Trinajstić information content (AvgIpc) is 2.81. The van der Waals surface area contributed by atoms with Crippen molar-refractivity contribution in [1.82, 2.24) is 10.2 Å². The van der Waals surface area contributed by atoms with E-state index in [9.17, 15) is 14.0 Å². The highest BCUT2D eigenvalue weighted by molar-refractivity contribution is 6.42. The van der Waals surface area contributed by atoms with Crippen LogP contribution in [0.2, 0.25) is 15.1 Å². The summed E-state index contributed by atoms with van der Waals surface area (Å²) in [4.78, 5) is 27.8. The van der Waals surface area contributed by atoms with Gasteiger partial charge in [0, 0.05) is 30.6 Å². The molecule has 2 amide bonds. The van der Waals surface area contributed by atoms with E-state index in [-0.39, 0.29) is 35.9 Å². The van der Waals surface area contributed by atoms with Gasteiger partial charge in [-0.05, 0) is 35.4 Å². The maximum absolute atomic E-state index is 14.4. The molecule has 0 saturated heterocycles. The van der Waals surface area contributed by atoms with E-state index in [1.54, 1.807) is 18.2 Å². The van der Waals surface area contributed by atoms with E-state index < -0.39 is 17.8 Å². The normalized spacial score (nSPS) is 11.7. The molecule has 0 aliphatic heterocycles. The monoisotopic (exact) mass is 506 g/mol. The van der Waals surface area contributed by atoms with Gasteiger partial charge in [0.05, 0.1) is 16.5 Å². The molecule has 8 heteroatoms. The van der Waals surface area contributed by atoms with Crippen molar-refractivity contribution in [2.24, 2.45) is 0 Å². The van der Waals surface area contributed by atoms with Crippen LogP contribution in [0.5, 0.6) is 0 Å². The number of hydrogen-bond acceptors (Lipinski definition) is 2. The SMILES string of the molecule is CNC(=O)[C@@H](Cc1ccccc1)N(Cc1ccc(Cl)c(Cl)c1)C(=O)Cc1c(F)cccc1Cl. The van der Waals surface area contributed by atoms with Crippen LogP contribution in [0.15, 0.2) is 66.7 Å². The van der Waals surface area contributed by atoms with Crippen LogP contribution in [0.4, 0.5) is 4.39 Å². The van der Waals surface area contributed by atoms with Crippen LogP contribution < -0.4 is 5.32 Å². The van der Waals surface area contributed by atoms with Gasteiger partial charge in [0.15, 0.2) is 0 Å². The molecule has 1 atom stereocenters. The van der Waals surface area contributed by atoms with Crippen LogP contribution in [0.25, 0.3) is 0 Å². The summed E-state index contributed by atoms with van der Waals surface area (Å²) in [6, 6.07) is 17.8. The highest BCUT2D eigenvalue weighted by Crippen LogP contribution is 2.26. The predicted octanol–water partition coefficient (Wildman–Crippen LogP) is 5.71. The molecule has 0 unspecified atom stereocenters. The Morgan fingerprint density at radius 1 is 0.909 bits per heavy atom. The van der Waals surface area contributed by atoms with Crippen LogP contribution >= 0.6 is 34.8 Å². The van der Waals surface area contributed by atoms with Gasteiger partial charge in [0.25, 0.3) is 0 Å². The number of rotatable bonds is 8. The largest absolute Gasteiger partial charge is 0.357 e. The van der Waals surface area contributed by atoms with Gasteiger partial charge in [0.2, 0.25) is 11.8 Å². The lowest BCUT2D eigenvalue weighted by Crippen LogP contribution is -2.50. The summed E-state index contributed by atoms with van der Waals surface area (Å²) >= 11 is 18.4. The van der Waals surface area contributed by atoms with E-state index in [2.05, 4.69) is 5.32 Å². The minimum absolute atomic E-state index is 0.0761. The fraction of sp³-hybridized carbons (Fsp3) is 0.200. The van der Waals surface area contributed by atoms with Gasteiger partial charge in [-0.3, -0.25) is 9.59 Å². The highest BCUT2D eigenvalue weighted by Gasteiger charge is 2.30. The quantitative estimate of drug-likeness (QED) is 0.424. The molecule has 0 aliphatic rings. The van der Waals surface area contributed by atoms with E-state index in [1.165, 1.54) is 30.1 Å². The topological polar surface area (TPSA) is 49.4 Å². The molecule has 0 aromatic heterocycles. The fourth-order valence-corrected chi connectivity index (χ4v) is 4.06. The number of carbonyl (C=O) groups is 2. The van der Waals surface area contributed by atoms with E-state index in [0.29, 0.717) is 15.6 Å². The van der Waals surface area contributed by atoms with Crippen LogP contribution in [0.1, 0.15) is 16.7 Å². The Labute approximate surface area is 207 Å². The third kappa shape index (κ3) is 6.47. The Kier molecular flexibility index (Phi) is 8.73. The number of nitrogens with zero attached hydrogens (tertiary/aromatic N) is 1. The van der Waals surface area contributed by atoms with Crippen LogP contribution in [0, 0.1) is 5.82 Å². The molecule has 1 N–H and O–H groups in total. The summed E-state index contributed by atoms with van der Waals surface area (Å²) < 4.78 is 14.4. The Hall–Kier alpha value is -2.60. The Balaban J connectivity index is 2.00. The Bertz CT molecular complexity index is 1120. The summed E-state index contributed by atoms with van der Waals surface area (Å²) in [7, 11) is 1.51. The zero-order valence-electron chi connectivity index (χ0n) is 17.8. The number of carbonyl (C=O) groups excluding carboxylic acids is 2. The Morgan fingerprint density at radius 2 is 1.64 bits per heavy atom. The van der Waals surface area contributed by atoms with E-state index in [0.717, 1.165) is 5.56 Å². The van der Waals surface area contributed by atoms with E-state index in [1.807, 2.05) is 30.3 Å². The number of hydrogen-bond donors (Lipinski definition) is 1. The number of halogens is 4. The standard InChI is InChI=1S/C25H22Cl3FN2O2/c1-30-25(33)23(13-16-6-3-2-4-7-16)31(15-17-10-11-20(27)21(28)12-17)24(32)14-18-19(26)8-5-9-22(18)29/h2-12,23H,13-15H2,1H3,(H,30,33)/t23-/m1/s1. The van der Waals surface area contributed by atoms with Gasteiger partial charge < -0.3 is 10.2 Å². The molecule has 3 rings (SSSR count). The summed E-state index contributed by atoms with van der Waals surface area (Å²) in [6.07, 6.45) is -0.0201. The summed E-state index contributed by atoms with van der Waals surface area (Å²) in [5, 5.41) is 3.49. The van der Waals surface area contributed by atoms with Crippen molar-refractivity contribution in [1.29, 1.82) is 0 Å². The van der Waals surface area contributed by atoms with Crippen LogP contribution in [-0.4, -0.2) is 29.8 Å². The summed E-state index contributed by atoms with van der Waals surface area (Å²) in [5.41, 5.74) is 1.64. The van der Waals surface area contributed by atoms with Crippen molar-refractivity contribution in [3.8, 4) is 0 Å². The number of likely N-dealkylation sites (N-methyl/N-ethyl adjacent to an activating group) is 1. The minimum Gasteiger partial charge on any atom is -0.357 e. The molecule has 172 valence electrons. The molecule has 0 fully saturated rings. The van der Waals surface area contributed by atoms with Gasteiger partial charge in [-0.1, -0.05) is 77.3 Å². The van der Waals surface area contributed by atoms with Crippen molar-refractivity contribution in [3.63, 3.8) is 0 Å². The first kappa shape index (κ1) is 25.0. The van der Waals surface area contributed by atoms with Gasteiger partial charge in [-0.15, -0.1) is 0 Å². The zero-order valence-corrected chi connectivity index (χ0v) is 20.1. The van der Waals surface area contributed by atoms with Crippen molar-refractivity contribution < 1.29 is 14.0 Å². The van der Waals surface area contributed by atoms with Crippen molar-refractivity contribution in [2.45, 2.75) is 25.4 Å². The van der Waals surface area contributed by atoms with Gasteiger partial charge in [0.1, 0.15) is 11.9 Å². The maximum Gasteiger partial charge on any atom is 0.242 e. The van der Waals surface area contributed by atoms with Crippen molar-refractivity contribution in [2.75, 3.05) is 7.05 Å². The van der Waals surface area contributed by atoms with Gasteiger partial charge in [-0.25, -0.2) is 4.39 Å². The molecule has 0 saturated carbocycles. The van der Waals surface area contributed by atoms with Crippen molar-refractivity contribution in [3.05, 3.63) is 104 Å². The molecule has 3 aromatic rings. The Morgan fingerprint density at radius 3 is 2.27 bits per heavy atom. The molecular weight excluding hydrogens is 486 g/mol. The second-order valence-corrected chi connectivity index (χ2v) is 8.69. The molecule has 3 aromatic carbocycles. The lowest BCUT2D eigenvalue weighted by molar-refractivity contribution is -0.140. The molecule has 0 radical (unpaired) electrons. The van der Waals surface area contributed by atoms with Crippen LogP contribution in [-0.2, 0) is 29.0 Å². The first-order chi connectivity index (χ1) is 15.8. The van der Waals surface area contributed by atoms with Crippen molar-refractivity contribution >= 4 is 46.6 Å². The first-order valence-electron chi connectivity index (χ1n) is 10.2. The van der Waals surface area contributed by atoms with Gasteiger partial charge in [-0.2, -0.15) is 0 Å². The lowest BCUT2D eigenvalue weighted by atomic mass is 10.0. The van der Waals surface area contributed by atoms with Crippen LogP contribution in [0.3, 0.4) is 0 Å². The maximum atomic E-state index is 14.4. The molecule has 33 heavy (non-hydrogen) atoms. The third-order valence-electron chi connectivity index (χ3n) is 5.24. The zero-order chi connectivity index (χ0) is 24.0. The second-order valence-electron chi connectivity index (χ2n) is 7.47. The molecule has 4 nitrogen and oxygen atoms in total. The molecule has 0 aliphatic carbocycles. The van der Waals surface area contributed by atoms with E-state index in [4.69, 9.17) is 34.8 Å². The predicted molar refractivity (Wildman–Crippen MR) is 130 cm³/mol. The first-order valence-corrected chi connectivity index (χ1v) is 11.3. The highest BCUT2D eigenvalue weighted by atomic mass is 35.5. The molecule has 0 bridgehead atoms. The molecular formula is C25H22Cl3FN2O2. The van der Waals surface area contributed by atoms with E-state index >= 15 is 0 Å². The summed E-state index contributed by atoms with van der Waals surface area (Å²) in [5.74, 6) is -1.37. The minimum atomic E-state index is -0.843.